The number of nitrogens with one attached hydrogen (secondary N) is 2. The molecule has 21 heavy (non-hydrogen) atoms. The van der Waals surface area contributed by atoms with E-state index in [1.165, 1.54) is 0 Å². The van der Waals surface area contributed by atoms with Crippen LogP contribution in [0.5, 0.6) is 0 Å². The van der Waals surface area contributed by atoms with Crippen LogP contribution < -0.4 is 10.6 Å². The van der Waals surface area contributed by atoms with Gasteiger partial charge in [0.05, 0.1) is 23.0 Å². The summed E-state index contributed by atoms with van der Waals surface area (Å²) in [5.74, 6) is 0.0152. The standard InChI is InChI=1S/C16H28N4O/c1-6-14-13(10-18-20(14)16(3,4)5)15(21)19-12-7-8-17-11(2)9-12/h10-12,17H,6-9H2,1-5H3,(H,19,21). The highest BCUT2D eigenvalue weighted by molar-refractivity contribution is 5.95. The minimum absolute atomic E-state index is 0.0152. The maximum absolute atomic E-state index is 12.6. The fraction of sp³-hybridized carbons (Fsp3) is 0.750. The highest BCUT2D eigenvalue weighted by atomic mass is 16.1. The molecule has 1 aliphatic heterocycles. The molecule has 0 bridgehead atoms. The predicted octanol–water partition coefficient (Wildman–Crippen LogP) is 2.07. The van der Waals surface area contributed by atoms with E-state index in [-0.39, 0.29) is 17.5 Å². The summed E-state index contributed by atoms with van der Waals surface area (Å²) in [5.41, 5.74) is 1.63. The number of aromatic nitrogens is 2. The number of carbonyl (C=O) groups is 1. The Balaban J connectivity index is 2.14. The lowest BCUT2D eigenvalue weighted by Gasteiger charge is -2.28. The minimum Gasteiger partial charge on any atom is -0.349 e. The molecular weight excluding hydrogens is 264 g/mol. The molecule has 2 heterocycles. The van der Waals surface area contributed by atoms with E-state index in [9.17, 15) is 4.79 Å². The van der Waals surface area contributed by atoms with Crippen LogP contribution in [0.2, 0.25) is 0 Å². The zero-order chi connectivity index (χ0) is 15.6. The molecule has 0 radical (unpaired) electrons. The van der Waals surface area contributed by atoms with Gasteiger partial charge >= 0.3 is 0 Å². The molecule has 1 aliphatic rings. The van der Waals surface area contributed by atoms with Crippen LogP contribution in [0.3, 0.4) is 0 Å². The van der Waals surface area contributed by atoms with E-state index in [4.69, 9.17) is 0 Å². The molecule has 0 aliphatic carbocycles. The van der Waals surface area contributed by atoms with E-state index >= 15 is 0 Å². The van der Waals surface area contributed by atoms with Gasteiger partial charge in [0, 0.05) is 12.1 Å². The van der Waals surface area contributed by atoms with Gasteiger partial charge in [-0.05, 0) is 53.5 Å². The second-order valence-electron chi connectivity index (χ2n) is 6.99. The SMILES string of the molecule is CCc1c(C(=O)NC2CCNC(C)C2)cnn1C(C)(C)C. The van der Waals surface area contributed by atoms with Crippen LogP contribution in [0.25, 0.3) is 0 Å². The third-order valence-corrected chi connectivity index (χ3v) is 4.04. The Hall–Kier alpha value is -1.36. The molecule has 5 heteroatoms. The summed E-state index contributed by atoms with van der Waals surface area (Å²) in [7, 11) is 0. The quantitative estimate of drug-likeness (QED) is 0.896. The van der Waals surface area contributed by atoms with Crippen molar-refractivity contribution in [1.82, 2.24) is 20.4 Å². The van der Waals surface area contributed by atoms with Crippen molar-refractivity contribution in [2.24, 2.45) is 0 Å². The average Bonchev–Trinajstić information content (AvgIpc) is 2.82. The first kappa shape index (κ1) is 16.0. The molecule has 118 valence electrons. The van der Waals surface area contributed by atoms with Gasteiger partial charge in [-0.15, -0.1) is 0 Å². The lowest BCUT2D eigenvalue weighted by Crippen LogP contribution is -2.46. The van der Waals surface area contributed by atoms with Gasteiger partial charge in [0.15, 0.2) is 0 Å². The van der Waals surface area contributed by atoms with Crippen molar-refractivity contribution >= 4 is 5.91 Å². The fourth-order valence-electron chi connectivity index (χ4n) is 3.01. The zero-order valence-electron chi connectivity index (χ0n) is 13.9. The molecule has 1 fully saturated rings. The van der Waals surface area contributed by atoms with Crippen LogP contribution in [-0.4, -0.2) is 34.3 Å². The lowest BCUT2D eigenvalue weighted by atomic mass is 10.00. The average molecular weight is 292 g/mol. The topological polar surface area (TPSA) is 59.0 Å². The van der Waals surface area contributed by atoms with Crippen LogP contribution in [0.1, 0.15) is 63.5 Å². The molecule has 1 aromatic heterocycles. The first-order valence-electron chi connectivity index (χ1n) is 7.94. The summed E-state index contributed by atoms with van der Waals surface area (Å²) in [6.45, 7) is 11.5. The number of rotatable bonds is 3. The molecule has 2 atom stereocenters. The van der Waals surface area contributed by atoms with Crippen LogP contribution in [-0.2, 0) is 12.0 Å². The Morgan fingerprint density at radius 3 is 2.81 bits per heavy atom. The molecular formula is C16H28N4O. The first-order valence-corrected chi connectivity index (χ1v) is 7.94. The Morgan fingerprint density at radius 1 is 1.52 bits per heavy atom. The van der Waals surface area contributed by atoms with Crippen molar-refractivity contribution in [1.29, 1.82) is 0 Å². The normalized spacial score (nSPS) is 23.1. The largest absolute Gasteiger partial charge is 0.349 e. The van der Waals surface area contributed by atoms with Gasteiger partial charge in [0.1, 0.15) is 0 Å². The Bertz CT molecular complexity index is 501. The molecule has 2 rings (SSSR count). The second-order valence-corrected chi connectivity index (χ2v) is 6.99. The van der Waals surface area contributed by atoms with Crippen molar-refractivity contribution in [3.63, 3.8) is 0 Å². The number of carbonyl (C=O) groups excluding carboxylic acids is 1. The van der Waals surface area contributed by atoms with E-state index in [1.54, 1.807) is 6.20 Å². The maximum atomic E-state index is 12.6. The molecule has 0 spiro atoms. The van der Waals surface area contributed by atoms with Gasteiger partial charge in [-0.1, -0.05) is 6.92 Å². The van der Waals surface area contributed by atoms with Gasteiger partial charge in [-0.2, -0.15) is 5.10 Å². The first-order chi connectivity index (χ1) is 9.82. The van der Waals surface area contributed by atoms with Crippen molar-refractivity contribution in [3.8, 4) is 0 Å². The Kier molecular flexibility index (Phi) is 4.71. The van der Waals surface area contributed by atoms with Crippen LogP contribution in [0.4, 0.5) is 0 Å². The van der Waals surface area contributed by atoms with Crippen molar-refractivity contribution in [2.45, 2.75) is 71.5 Å². The molecule has 5 nitrogen and oxygen atoms in total. The molecule has 0 saturated carbocycles. The number of nitrogens with zero attached hydrogens (tertiary/aromatic N) is 2. The van der Waals surface area contributed by atoms with E-state index in [2.05, 4.69) is 50.4 Å². The molecule has 0 aromatic carbocycles. The van der Waals surface area contributed by atoms with Gasteiger partial charge < -0.3 is 10.6 Å². The summed E-state index contributed by atoms with van der Waals surface area (Å²) in [4.78, 5) is 12.6. The summed E-state index contributed by atoms with van der Waals surface area (Å²) in [6.07, 6.45) is 4.50. The Morgan fingerprint density at radius 2 is 2.24 bits per heavy atom. The predicted molar refractivity (Wildman–Crippen MR) is 84.6 cm³/mol. The number of hydrogen-bond donors (Lipinski definition) is 2. The van der Waals surface area contributed by atoms with Crippen LogP contribution >= 0.6 is 0 Å². The summed E-state index contributed by atoms with van der Waals surface area (Å²) >= 11 is 0. The number of hydrogen-bond acceptors (Lipinski definition) is 3. The van der Waals surface area contributed by atoms with E-state index in [0.29, 0.717) is 6.04 Å². The van der Waals surface area contributed by atoms with E-state index < -0.39 is 0 Å². The van der Waals surface area contributed by atoms with Gasteiger partial charge in [0.25, 0.3) is 5.91 Å². The minimum atomic E-state index is -0.104. The third-order valence-electron chi connectivity index (χ3n) is 4.04. The molecule has 1 aromatic rings. The third kappa shape index (κ3) is 3.64. The zero-order valence-corrected chi connectivity index (χ0v) is 13.9. The van der Waals surface area contributed by atoms with Crippen LogP contribution in [0, 0.1) is 0 Å². The molecule has 1 amide bonds. The second kappa shape index (κ2) is 6.18. The van der Waals surface area contributed by atoms with E-state index in [1.807, 2.05) is 4.68 Å². The van der Waals surface area contributed by atoms with E-state index in [0.717, 1.165) is 37.1 Å². The summed E-state index contributed by atoms with van der Waals surface area (Å²) < 4.78 is 1.97. The summed E-state index contributed by atoms with van der Waals surface area (Å²) in [6, 6.07) is 0.725. The summed E-state index contributed by atoms with van der Waals surface area (Å²) in [5, 5.41) is 11.0. The Labute approximate surface area is 127 Å². The number of amides is 1. The van der Waals surface area contributed by atoms with Gasteiger partial charge in [-0.25, -0.2) is 0 Å². The smallest absolute Gasteiger partial charge is 0.254 e. The molecule has 1 saturated heterocycles. The fourth-order valence-corrected chi connectivity index (χ4v) is 3.01. The highest BCUT2D eigenvalue weighted by Crippen LogP contribution is 2.20. The number of piperidine rings is 1. The van der Waals surface area contributed by atoms with Crippen LogP contribution in [0.15, 0.2) is 6.20 Å². The molecule has 2 unspecified atom stereocenters. The monoisotopic (exact) mass is 292 g/mol. The van der Waals surface area contributed by atoms with Crippen molar-refractivity contribution in [2.75, 3.05) is 6.54 Å². The molecule has 2 N–H and O–H groups in total. The van der Waals surface area contributed by atoms with Gasteiger partial charge in [0.2, 0.25) is 0 Å². The maximum Gasteiger partial charge on any atom is 0.254 e. The van der Waals surface area contributed by atoms with Gasteiger partial charge in [-0.3, -0.25) is 9.48 Å². The van der Waals surface area contributed by atoms with Crippen molar-refractivity contribution in [3.05, 3.63) is 17.5 Å². The van der Waals surface area contributed by atoms with Crippen molar-refractivity contribution < 1.29 is 4.79 Å². The lowest BCUT2D eigenvalue weighted by molar-refractivity contribution is 0.0924. The highest BCUT2D eigenvalue weighted by Gasteiger charge is 2.25.